The van der Waals surface area contributed by atoms with Gasteiger partial charge in [0.1, 0.15) is 5.69 Å². The van der Waals surface area contributed by atoms with E-state index in [4.69, 9.17) is 9.47 Å². The summed E-state index contributed by atoms with van der Waals surface area (Å²) in [6.45, 7) is 0.387. The lowest BCUT2D eigenvalue weighted by Crippen LogP contribution is -2.25. The Kier molecular flexibility index (Phi) is 5.02. The van der Waals surface area contributed by atoms with Crippen molar-refractivity contribution >= 4 is 5.91 Å². The Labute approximate surface area is 164 Å². The maximum absolute atomic E-state index is 12.9. The predicted molar refractivity (Wildman–Crippen MR) is 106 cm³/mol. The van der Waals surface area contributed by atoms with Crippen LogP contribution in [0, 0.1) is 0 Å². The van der Waals surface area contributed by atoms with Crippen molar-refractivity contribution in [3.63, 3.8) is 0 Å². The van der Waals surface area contributed by atoms with Gasteiger partial charge < -0.3 is 14.8 Å². The van der Waals surface area contributed by atoms with E-state index in [1.807, 2.05) is 54.6 Å². The summed E-state index contributed by atoms with van der Waals surface area (Å²) >= 11 is 0. The lowest BCUT2D eigenvalue weighted by molar-refractivity contribution is 0.0943. The van der Waals surface area contributed by atoms with Crippen molar-refractivity contribution in [2.24, 2.45) is 0 Å². The Morgan fingerprint density at radius 3 is 2.50 bits per heavy atom. The van der Waals surface area contributed by atoms with Crippen LogP contribution in [-0.2, 0) is 6.54 Å². The molecule has 0 spiro atoms. The molecule has 2 aromatic carbocycles. The Morgan fingerprint density at radius 2 is 1.82 bits per heavy atom. The molecule has 4 rings (SSSR count). The number of carbonyl (C=O) groups is 1. The zero-order valence-electron chi connectivity index (χ0n) is 16.0. The molecule has 6 nitrogen and oxygen atoms in total. The minimum absolute atomic E-state index is 0.155. The van der Waals surface area contributed by atoms with Gasteiger partial charge in [-0.3, -0.25) is 4.79 Å². The number of aromatic nitrogens is 2. The first-order valence-electron chi connectivity index (χ1n) is 9.34. The minimum atomic E-state index is -0.155. The lowest BCUT2D eigenvalue weighted by atomic mass is 10.2. The van der Waals surface area contributed by atoms with Crippen molar-refractivity contribution in [3.8, 4) is 17.2 Å². The fourth-order valence-electron chi connectivity index (χ4n) is 3.17. The van der Waals surface area contributed by atoms with Gasteiger partial charge in [-0.15, -0.1) is 0 Å². The molecular weight excluding hydrogens is 354 g/mol. The van der Waals surface area contributed by atoms with Crippen LogP contribution in [0.15, 0.2) is 54.6 Å². The maximum Gasteiger partial charge on any atom is 0.270 e. The predicted octanol–water partition coefficient (Wildman–Crippen LogP) is 3.70. The summed E-state index contributed by atoms with van der Waals surface area (Å²) in [6.07, 6.45) is 2.27. The van der Waals surface area contributed by atoms with E-state index in [-0.39, 0.29) is 5.91 Å². The molecule has 0 atom stereocenters. The van der Waals surface area contributed by atoms with Crippen molar-refractivity contribution in [2.75, 3.05) is 14.2 Å². The second kappa shape index (κ2) is 7.76. The van der Waals surface area contributed by atoms with Crippen molar-refractivity contribution in [1.82, 2.24) is 15.1 Å². The Hall–Kier alpha value is -3.28. The molecule has 0 saturated heterocycles. The van der Waals surface area contributed by atoms with E-state index in [1.165, 1.54) is 0 Å². The summed E-state index contributed by atoms with van der Waals surface area (Å²) < 4.78 is 12.3. The first-order valence-corrected chi connectivity index (χ1v) is 9.34. The molecule has 0 unspecified atom stereocenters. The van der Waals surface area contributed by atoms with E-state index in [0.717, 1.165) is 29.8 Å². The van der Waals surface area contributed by atoms with Gasteiger partial charge in [-0.2, -0.15) is 5.10 Å². The van der Waals surface area contributed by atoms with Gasteiger partial charge in [0.2, 0.25) is 0 Å². The SMILES string of the molecule is COc1ccc(CNC(=O)c2cc(C3CC3)nn2-c2ccccc2)cc1OC. The number of amides is 1. The van der Waals surface area contributed by atoms with Crippen LogP contribution >= 0.6 is 0 Å². The molecule has 1 heterocycles. The number of hydrogen-bond acceptors (Lipinski definition) is 4. The van der Waals surface area contributed by atoms with Crippen LogP contribution in [0.2, 0.25) is 0 Å². The summed E-state index contributed by atoms with van der Waals surface area (Å²) in [6, 6.07) is 17.3. The fourth-order valence-corrected chi connectivity index (χ4v) is 3.17. The van der Waals surface area contributed by atoms with Crippen LogP contribution in [-0.4, -0.2) is 29.9 Å². The zero-order valence-corrected chi connectivity index (χ0v) is 16.0. The highest BCUT2D eigenvalue weighted by Gasteiger charge is 2.29. The molecular formula is C22H23N3O3. The largest absolute Gasteiger partial charge is 0.493 e. The maximum atomic E-state index is 12.9. The molecule has 0 aliphatic heterocycles. The summed E-state index contributed by atoms with van der Waals surface area (Å²) in [4.78, 5) is 12.9. The molecule has 1 fully saturated rings. The minimum Gasteiger partial charge on any atom is -0.493 e. The van der Waals surface area contributed by atoms with Crippen LogP contribution < -0.4 is 14.8 Å². The summed E-state index contributed by atoms with van der Waals surface area (Å²) in [5.41, 5.74) is 3.35. The van der Waals surface area contributed by atoms with Gasteiger partial charge in [0.25, 0.3) is 5.91 Å². The second-order valence-electron chi connectivity index (χ2n) is 6.85. The van der Waals surface area contributed by atoms with Crippen molar-refractivity contribution in [1.29, 1.82) is 0 Å². The molecule has 0 bridgehead atoms. The summed E-state index contributed by atoms with van der Waals surface area (Å²) in [5, 5.41) is 7.68. The highest BCUT2D eigenvalue weighted by atomic mass is 16.5. The van der Waals surface area contributed by atoms with E-state index in [2.05, 4.69) is 10.4 Å². The van der Waals surface area contributed by atoms with Crippen LogP contribution in [0.4, 0.5) is 0 Å². The molecule has 1 saturated carbocycles. The first kappa shape index (κ1) is 18.1. The number of hydrogen-bond donors (Lipinski definition) is 1. The van der Waals surface area contributed by atoms with Gasteiger partial charge >= 0.3 is 0 Å². The third-order valence-electron chi connectivity index (χ3n) is 4.86. The molecule has 1 aliphatic carbocycles. The monoisotopic (exact) mass is 377 g/mol. The van der Waals surface area contributed by atoms with E-state index < -0.39 is 0 Å². The number of ether oxygens (including phenoxy) is 2. The van der Waals surface area contributed by atoms with E-state index in [0.29, 0.717) is 29.7 Å². The van der Waals surface area contributed by atoms with Gasteiger partial charge in [-0.1, -0.05) is 24.3 Å². The molecule has 144 valence electrons. The Morgan fingerprint density at radius 1 is 1.07 bits per heavy atom. The third-order valence-corrected chi connectivity index (χ3v) is 4.86. The summed E-state index contributed by atoms with van der Waals surface area (Å²) in [5.74, 6) is 1.62. The number of carbonyl (C=O) groups excluding carboxylic acids is 1. The van der Waals surface area contributed by atoms with E-state index >= 15 is 0 Å². The molecule has 1 N–H and O–H groups in total. The summed E-state index contributed by atoms with van der Waals surface area (Å²) in [7, 11) is 3.19. The van der Waals surface area contributed by atoms with Gasteiger partial charge in [0.05, 0.1) is 25.6 Å². The van der Waals surface area contributed by atoms with Crippen LogP contribution in [0.3, 0.4) is 0 Å². The Bertz CT molecular complexity index is 978. The van der Waals surface area contributed by atoms with Crippen molar-refractivity contribution in [3.05, 3.63) is 71.5 Å². The topological polar surface area (TPSA) is 65.4 Å². The van der Waals surface area contributed by atoms with Gasteiger partial charge in [0.15, 0.2) is 11.5 Å². The quantitative estimate of drug-likeness (QED) is 0.682. The second-order valence-corrected chi connectivity index (χ2v) is 6.85. The number of benzene rings is 2. The third kappa shape index (κ3) is 3.71. The van der Waals surface area contributed by atoms with Crippen molar-refractivity contribution in [2.45, 2.75) is 25.3 Å². The number of para-hydroxylation sites is 1. The molecule has 1 amide bonds. The molecule has 1 aromatic heterocycles. The number of nitrogens with zero attached hydrogens (tertiary/aromatic N) is 2. The lowest BCUT2D eigenvalue weighted by Gasteiger charge is -2.11. The number of methoxy groups -OCH3 is 2. The number of rotatable bonds is 7. The van der Waals surface area contributed by atoms with Crippen molar-refractivity contribution < 1.29 is 14.3 Å². The zero-order chi connectivity index (χ0) is 19.5. The standard InChI is InChI=1S/C22H23N3O3/c1-27-20-11-8-15(12-21(20)28-2)14-23-22(26)19-13-18(16-9-10-16)24-25(19)17-6-4-3-5-7-17/h3-8,11-13,16H,9-10,14H2,1-2H3,(H,23,26). The first-order chi connectivity index (χ1) is 13.7. The molecule has 1 aliphatic rings. The highest BCUT2D eigenvalue weighted by Crippen LogP contribution is 2.39. The molecule has 28 heavy (non-hydrogen) atoms. The smallest absolute Gasteiger partial charge is 0.270 e. The van der Waals surface area contributed by atoms with Gasteiger partial charge in [0, 0.05) is 12.5 Å². The fraction of sp³-hybridized carbons (Fsp3) is 0.273. The number of nitrogens with one attached hydrogen (secondary N) is 1. The molecule has 0 radical (unpaired) electrons. The Balaban J connectivity index is 1.55. The van der Waals surface area contributed by atoms with E-state index in [9.17, 15) is 4.79 Å². The normalized spacial score (nSPS) is 13.2. The van der Waals surface area contributed by atoms with Crippen LogP contribution in [0.5, 0.6) is 11.5 Å². The molecule has 6 heteroatoms. The average Bonchev–Trinajstić information content (AvgIpc) is 3.50. The van der Waals surface area contributed by atoms with Gasteiger partial charge in [-0.05, 0) is 48.7 Å². The van der Waals surface area contributed by atoms with Crippen LogP contribution in [0.1, 0.15) is 40.5 Å². The average molecular weight is 377 g/mol. The van der Waals surface area contributed by atoms with E-state index in [1.54, 1.807) is 18.9 Å². The van der Waals surface area contributed by atoms with Crippen LogP contribution in [0.25, 0.3) is 5.69 Å². The van der Waals surface area contributed by atoms with Gasteiger partial charge in [-0.25, -0.2) is 4.68 Å². The molecule has 3 aromatic rings. The highest BCUT2D eigenvalue weighted by molar-refractivity contribution is 5.93.